The molecule has 0 aliphatic carbocycles. The lowest BCUT2D eigenvalue weighted by molar-refractivity contribution is 0.167. The number of pyridine rings is 1. The topological polar surface area (TPSA) is 54.2 Å². The van der Waals surface area contributed by atoms with Gasteiger partial charge in [0.1, 0.15) is 5.82 Å². The number of benzene rings is 1. The predicted molar refractivity (Wildman–Crippen MR) is 83.3 cm³/mol. The zero-order valence-electron chi connectivity index (χ0n) is 12.2. The van der Waals surface area contributed by atoms with Crippen molar-refractivity contribution >= 4 is 16.7 Å². The molecule has 1 fully saturated rings. The van der Waals surface area contributed by atoms with Gasteiger partial charge in [0.2, 0.25) is 0 Å². The summed E-state index contributed by atoms with van der Waals surface area (Å²) >= 11 is 0. The number of nitrogens with zero attached hydrogens (tertiary/aromatic N) is 2. The molecule has 2 heterocycles. The minimum Gasteiger partial charge on any atom is -0.308 e. The van der Waals surface area contributed by atoms with Gasteiger partial charge in [0.25, 0.3) is 0 Å². The van der Waals surface area contributed by atoms with E-state index in [9.17, 15) is 0 Å². The Kier molecular flexibility index (Phi) is 3.36. The van der Waals surface area contributed by atoms with Crippen molar-refractivity contribution in [2.75, 3.05) is 12.0 Å². The molecule has 1 aromatic carbocycles. The largest absolute Gasteiger partial charge is 0.308 e. The molecule has 0 spiro atoms. The highest BCUT2D eigenvalue weighted by atomic mass is 15.3. The Labute approximate surface area is 120 Å². The van der Waals surface area contributed by atoms with Crippen LogP contribution in [0.2, 0.25) is 0 Å². The maximum absolute atomic E-state index is 5.65. The lowest BCUT2D eigenvalue weighted by Gasteiger charge is -2.32. The summed E-state index contributed by atoms with van der Waals surface area (Å²) in [6.07, 6.45) is 2.51. The van der Waals surface area contributed by atoms with E-state index in [0.29, 0.717) is 0 Å². The molecule has 0 atom stereocenters. The summed E-state index contributed by atoms with van der Waals surface area (Å²) in [6.45, 7) is 6.66. The molecule has 0 radical (unpaired) electrons. The van der Waals surface area contributed by atoms with Crippen LogP contribution >= 0.6 is 0 Å². The first kappa shape index (κ1) is 13.3. The number of fused-ring (bicyclic) bond motifs is 1. The molecule has 0 saturated carbocycles. The Morgan fingerprint density at radius 3 is 2.85 bits per heavy atom. The summed E-state index contributed by atoms with van der Waals surface area (Å²) in [4.78, 5) is 7.13. The molecule has 106 valence electrons. The molecule has 4 heteroatoms. The summed E-state index contributed by atoms with van der Waals surface area (Å²) in [5, 5.41) is 1.17. The normalized spacial score (nSPS) is 18.6. The van der Waals surface area contributed by atoms with E-state index >= 15 is 0 Å². The molecule has 1 aliphatic heterocycles. The Morgan fingerprint density at radius 2 is 2.15 bits per heavy atom. The Hall–Kier alpha value is -1.65. The molecule has 4 nitrogen and oxygen atoms in total. The zero-order chi connectivity index (χ0) is 14.2. The Bertz CT molecular complexity index is 621. The highest BCUT2D eigenvalue weighted by molar-refractivity contribution is 5.81. The number of hydrogen-bond donors (Lipinski definition) is 2. The number of anilines is 1. The van der Waals surface area contributed by atoms with Crippen molar-refractivity contribution in [2.45, 2.75) is 38.8 Å². The van der Waals surface area contributed by atoms with Crippen LogP contribution in [0.1, 0.15) is 32.3 Å². The minimum atomic E-state index is 0.261. The fourth-order valence-corrected chi connectivity index (χ4v) is 3.07. The van der Waals surface area contributed by atoms with Crippen LogP contribution < -0.4 is 11.3 Å². The third-order valence-electron chi connectivity index (χ3n) is 4.37. The number of aromatic nitrogens is 1. The highest BCUT2D eigenvalue weighted by Crippen LogP contribution is 2.31. The van der Waals surface area contributed by atoms with E-state index in [1.54, 1.807) is 0 Å². The number of likely N-dealkylation sites (tertiary alicyclic amines) is 1. The van der Waals surface area contributed by atoms with Gasteiger partial charge in [-0.1, -0.05) is 18.2 Å². The van der Waals surface area contributed by atoms with Gasteiger partial charge in [0.05, 0.1) is 5.52 Å². The molecular formula is C16H22N4. The van der Waals surface area contributed by atoms with Gasteiger partial charge < -0.3 is 5.43 Å². The number of hydrazine groups is 1. The van der Waals surface area contributed by atoms with Crippen LogP contribution in [0.5, 0.6) is 0 Å². The monoisotopic (exact) mass is 270 g/mol. The van der Waals surface area contributed by atoms with Gasteiger partial charge in [-0.05, 0) is 45.4 Å². The molecule has 2 aromatic rings. The van der Waals surface area contributed by atoms with Crippen LogP contribution in [-0.2, 0) is 6.54 Å². The lowest BCUT2D eigenvalue weighted by atomic mass is 10.0. The molecule has 0 bridgehead atoms. The third-order valence-corrected chi connectivity index (χ3v) is 4.37. The Balaban J connectivity index is 1.97. The van der Waals surface area contributed by atoms with Gasteiger partial charge in [-0.25, -0.2) is 10.8 Å². The van der Waals surface area contributed by atoms with Gasteiger partial charge in [-0.15, -0.1) is 0 Å². The summed E-state index contributed by atoms with van der Waals surface area (Å²) < 4.78 is 0. The number of rotatable bonds is 3. The zero-order valence-corrected chi connectivity index (χ0v) is 12.2. The van der Waals surface area contributed by atoms with Gasteiger partial charge in [0.15, 0.2) is 0 Å². The molecule has 3 rings (SSSR count). The van der Waals surface area contributed by atoms with Gasteiger partial charge >= 0.3 is 0 Å². The molecule has 0 amide bonds. The summed E-state index contributed by atoms with van der Waals surface area (Å²) in [7, 11) is 0. The third kappa shape index (κ3) is 2.37. The van der Waals surface area contributed by atoms with Crippen molar-refractivity contribution in [3.8, 4) is 0 Å². The van der Waals surface area contributed by atoms with Crippen LogP contribution in [0.25, 0.3) is 10.9 Å². The number of nitrogens with one attached hydrogen (secondary N) is 1. The second-order valence-electron chi connectivity index (χ2n) is 6.17. The number of nitrogens with two attached hydrogens (primary N) is 1. The number of nitrogen functional groups attached to an aromatic ring is 1. The van der Waals surface area contributed by atoms with Crippen molar-refractivity contribution in [3.63, 3.8) is 0 Å². The molecule has 3 N–H and O–H groups in total. The van der Waals surface area contributed by atoms with Crippen molar-refractivity contribution in [1.82, 2.24) is 9.88 Å². The smallest absolute Gasteiger partial charge is 0.145 e. The molecule has 0 unspecified atom stereocenters. The van der Waals surface area contributed by atoms with Gasteiger partial charge in [-0.2, -0.15) is 0 Å². The number of para-hydroxylation sites is 1. The average Bonchev–Trinajstić information content (AvgIpc) is 2.77. The van der Waals surface area contributed by atoms with Crippen molar-refractivity contribution in [1.29, 1.82) is 0 Å². The first-order chi connectivity index (χ1) is 9.60. The van der Waals surface area contributed by atoms with E-state index in [-0.39, 0.29) is 5.54 Å². The van der Waals surface area contributed by atoms with Crippen molar-refractivity contribution < 1.29 is 0 Å². The van der Waals surface area contributed by atoms with E-state index in [4.69, 9.17) is 5.84 Å². The van der Waals surface area contributed by atoms with Gasteiger partial charge in [0, 0.05) is 23.0 Å². The number of hydrogen-bond acceptors (Lipinski definition) is 4. The maximum Gasteiger partial charge on any atom is 0.145 e. The summed E-state index contributed by atoms with van der Waals surface area (Å²) in [5.74, 6) is 6.44. The first-order valence-electron chi connectivity index (χ1n) is 7.20. The van der Waals surface area contributed by atoms with E-state index in [1.165, 1.54) is 23.8 Å². The predicted octanol–water partition coefficient (Wildman–Crippen LogP) is 2.89. The summed E-state index contributed by atoms with van der Waals surface area (Å²) in [6, 6.07) is 10.4. The Morgan fingerprint density at radius 1 is 1.35 bits per heavy atom. The van der Waals surface area contributed by atoms with Crippen LogP contribution in [0.4, 0.5) is 5.82 Å². The van der Waals surface area contributed by atoms with E-state index < -0.39 is 0 Å². The standard InChI is InChI=1S/C16H22N4/c1-16(2)8-5-9-20(16)11-13-10-12-6-3-4-7-14(12)18-15(13)19-17/h3-4,6-7,10H,5,8-9,11,17H2,1-2H3,(H,18,19). The minimum absolute atomic E-state index is 0.261. The summed E-state index contributed by atoms with van der Waals surface area (Å²) in [5.41, 5.74) is 5.16. The second kappa shape index (κ2) is 5.04. The van der Waals surface area contributed by atoms with Crippen LogP contribution in [-0.4, -0.2) is 22.0 Å². The van der Waals surface area contributed by atoms with E-state index in [1.807, 2.05) is 18.2 Å². The van der Waals surface area contributed by atoms with Gasteiger partial charge in [-0.3, -0.25) is 4.90 Å². The molecule has 1 saturated heterocycles. The molecular weight excluding hydrogens is 248 g/mol. The van der Waals surface area contributed by atoms with Crippen LogP contribution in [0, 0.1) is 0 Å². The molecule has 1 aliphatic rings. The maximum atomic E-state index is 5.65. The molecule has 1 aromatic heterocycles. The first-order valence-corrected chi connectivity index (χ1v) is 7.20. The quantitative estimate of drug-likeness (QED) is 0.665. The highest BCUT2D eigenvalue weighted by Gasteiger charge is 2.32. The average molecular weight is 270 g/mol. The second-order valence-corrected chi connectivity index (χ2v) is 6.17. The fraction of sp³-hybridized carbons (Fsp3) is 0.438. The lowest BCUT2D eigenvalue weighted by Crippen LogP contribution is -2.37. The van der Waals surface area contributed by atoms with Crippen LogP contribution in [0.3, 0.4) is 0 Å². The van der Waals surface area contributed by atoms with Crippen molar-refractivity contribution in [3.05, 3.63) is 35.9 Å². The SMILES string of the molecule is CC1(C)CCCN1Cc1cc2ccccc2nc1NN. The van der Waals surface area contributed by atoms with E-state index in [0.717, 1.165) is 24.4 Å². The van der Waals surface area contributed by atoms with Crippen LogP contribution in [0.15, 0.2) is 30.3 Å². The van der Waals surface area contributed by atoms with Crippen molar-refractivity contribution in [2.24, 2.45) is 5.84 Å². The molecule has 20 heavy (non-hydrogen) atoms. The fourth-order valence-electron chi connectivity index (χ4n) is 3.07. The van der Waals surface area contributed by atoms with E-state index in [2.05, 4.69) is 41.3 Å².